The van der Waals surface area contributed by atoms with Gasteiger partial charge in [0.2, 0.25) is 0 Å². The first-order valence-electron chi connectivity index (χ1n) is 3.43. The third-order valence-corrected chi connectivity index (χ3v) is 1.51. The van der Waals surface area contributed by atoms with Crippen molar-refractivity contribution in [2.75, 3.05) is 13.7 Å². The molecule has 0 aliphatic heterocycles. The van der Waals surface area contributed by atoms with Crippen molar-refractivity contribution in [1.82, 2.24) is 0 Å². The van der Waals surface area contributed by atoms with Gasteiger partial charge in [0.15, 0.2) is 0 Å². The van der Waals surface area contributed by atoms with Crippen LogP contribution in [-0.2, 0) is 4.74 Å². The molecule has 0 bridgehead atoms. The predicted molar refractivity (Wildman–Crippen MR) is 39.3 cm³/mol. The van der Waals surface area contributed by atoms with Crippen molar-refractivity contribution in [2.45, 2.75) is 26.3 Å². The monoisotopic (exact) mass is 131 g/mol. The number of hydrogen-bond donors (Lipinski definition) is 1. The molecule has 0 unspecified atom stereocenters. The molecule has 0 aromatic rings. The van der Waals surface area contributed by atoms with Gasteiger partial charge in [-0.15, -0.1) is 0 Å². The first-order chi connectivity index (χ1) is 4.18. The highest BCUT2D eigenvalue weighted by molar-refractivity contribution is 4.63. The van der Waals surface area contributed by atoms with Crippen LogP contribution in [0.25, 0.3) is 0 Å². The van der Waals surface area contributed by atoms with Gasteiger partial charge in [-0.1, -0.05) is 13.8 Å². The summed E-state index contributed by atoms with van der Waals surface area (Å²) in [6.45, 7) is 5.03. The molecule has 0 rings (SSSR count). The van der Waals surface area contributed by atoms with Gasteiger partial charge in [-0.2, -0.15) is 0 Å². The average molecular weight is 131 g/mol. The lowest BCUT2D eigenvalue weighted by atomic mass is 10.0. The average Bonchev–Trinajstić information content (AvgIpc) is 1.82. The maximum Gasteiger partial charge on any atom is 0.0477 e. The summed E-state index contributed by atoms with van der Waals surface area (Å²) < 4.78 is 4.88. The lowest BCUT2D eigenvalue weighted by Crippen LogP contribution is -2.27. The summed E-state index contributed by atoms with van der Waals surface area (Å²) in [6.07, 6.45) is 0.966. The molecule has 0 saturated carbocycles. The summed E-state index contributed by atoms with van der Waals surface area (Å²) in [5, 5.41) is 0. The second-order valence-corrected chi connectivity index (χ2v) is 2.69. The van der Waals surface area contributed by atoms with Crippen LogP contribution in [0.3, 0.4) is 0 Å². The van der Waals surface area contributed by atoms with E-state index in [4.69, 9.17) is 10.5 Å². The maximum atomic E-state index is 5.72. The van der Waals surface area contributed by atoms with E-state index in [0.717, 1.165) is 13.0 Å². The number of ether oxygens (including phenoxy) is 1. The summed E-state index contributed by atoms with van der Waals surface area (Å²) in [5.41, 5.74) is 5.72. The third-order valence-electron chi connectivity index (χ3n) is 1.51. The third kappa shape index (κ3) is 4.43. The van der Waals surface area contributed by atoms with Crippen LogP contribution in [0.15, 0.2) is 0 Å². The lowest BCUT2D eigenvalue weighted by molar-refractivity contribution is 0.181. The molecule has 2 nitrogen and oxygen atoms in total. The minimum Gasteiger partial charge on any atom is -0.385 e. The smallest absolute Gasteiger partial charge is 0.0477 e. The fraction of sp³-hybridized carbons (Fsp3) is 1.00. The molecule has 0 aliphatic rings. The van der Waals surface area contributed by atoms with Crippen molar-refractivity contribution in [2.24, 2.45) is 11.7 Å². The van der Waals surface area contributed by atoms with Gasteiger partial charge in [0.1, 0.15) is 0 Å². The highest BCUT2D eigenvalue weighted by atomic mass is 16.5. The van der Waals surface area contributed by atoms with Crippen LogP contribution in [0.1, 0.15) is 20.3 Å². The Bertz CT molecular complexity index is 63.9. The Kier molecular flexibility index (Phi) is 4.72. The minimum atomic E-state index is 0.296. The van der Waals surface area contributed by atoms with E-state index in [1.807, 2.05) is 0 Å². The van der Waals surface area contributed by atoms with E-state index in [0.29, 0.717) is 12.0 Å². The van der Waals surface area contributed by atoms with Gasteiger partial charge < -0.3 is 10.5 Å². The lowest BCUT2D eigenvalue weighted by Gasteiger charge is -2.13. The zero-order chi connectivity index (χ0) is 7.28. The molecule has 0 heterocycles. The van der Waals surface area contributed by atoms with Crippen molar-refractivity contribution in [1.29, 1.82) is 0 Å². The van der Waals surface area contributed by atoms with Gasteiger partial charge in [0.05, 0.1) is 0 Å². The van der Waals surface area contributed by atoms with Crippen LogP contribution in [0.4, 0.5) is 0 Å². The molecule has 0 aromatic heterocycles. The van der Waals surface area contributed by atoms with E-state index in [9.17, 15) is 0 Å². The number of rotatable bonds is 4. The molecule has 0 amide bonds. The van der Waals surface area contributed by atoms with Gasteiger partial charge in [-0.25, -0.2) is 0 Å². The van der Waals surface area contributed by atoms with E-state index in [2.05, 4.69) is 13.8 Å². The molecule has 2 heteroatoms. The minimum absolute atomic E-state index is 0.296. The number of nitrogens with two attached hydrogens (primary N) is 1. The maximum absolute atomic E-state index is 5.72. The van der Waals surface area contributed by atoms with Crippen molar-refractivity contribution in [3.05, 3.63) is 0 Å². The molecule has 0 fully saturated rings. The predicted octanol–water partition coefficient (Wildman–Crippen LogP) is 1.01. The first kappa shape index (κ1) is 8.92. The molecule has 1 atom stereocenters. The Morgan fingerprint density at radius 2 is 2.00 bits per heavy atom. The van der Waals surface area contributed by atoms with E-state index in [1.165, 1.54) is 0 Å². The van der Waals surface area contributed by atoms with E-state index in [1.54, 1.807) is 7.11 Å². The van der Waals surface area contributed by atoms with Crippen molar-refractivity contribution >= 4 is 0 Å². The normalized spacial score (nSPS) is 14.3. The van der Waals surface area contributed by atoms with Crippen LogP contribution >= 0.6 is 0 Å². The van der Waals surface area contributed by atoms with Crippen LogP contribution < -0.4 is 5.73 Å². The Morgan fingerprint density at radius 3 is 2.33 bits per heavy atom. The van der Waals surface area contributed by atoms with Gasteiger partial charge in [0, 0.05) is 19.8 Å². The summed E-state index contributed by atoms with van der Waals surface area (Å²) in [7, 11) is 1.70. The molecule has 0 aliphatic carbocycles. The van der Waals surface area contributed by atoms with Crippen LogP contribution in [0.2, 0.25) is 0 Å². The van der Waals surface area contributed by atoms with Gasteiger partial charge in [0.25, 0.3) is 0 Å². The molecule has 56 valence electrons. The second kappa shape index (κ2) is 4.77. The van der Waals surface area contributed by atoms with Crippen molar-refractivity contribution in [3.63, 3.8) is 0 Å². The highest BCUT2D eigenvalue weighted by Crippen LogP contribution is 2.01. The molecule has 9 heavy (non-hydrogen) atoms. The molecule has 0 aromatic carbocycles. The fourth-order valence-electron chi connectivity index (χ4n) is 0.587. The van der Waals surface area contributed by atoms with Crippen LogP contribution in [0.5, 0.6) is 0 Å². The van der Waals surface area contributed by atoms with Gasteiger partial charge >= 0.3 is 0 Å². The second-order valence-electron chi connectivity index (χ2n) is 2.69. The first-order valence-corrected chi connectivity index (χ1v) is 3.43. The fourth-order valence-corrected chi connectivity index (χ4v) is 0.587. The Morgan fingerprint density at radius 1 is 1.44 bits per heavy atom. The largest absolute Gasteiger partial charge is 0.385 e. The SMILES string of the molecule is COCC[C@@H](N)C(C)C. The summed E-state index contributed by atoms with van der Waals surface area (Å²) in [4.78, 5) is 0. The Balaban J connectivity index is 3.16. The number of methoxy groups -OCH3 is 1. The Hall–Kier alpha value is -0.0800. The van der Waals surface area contributed by atoms with Crippen molar-refractivity contribution < 1.29 is 4.74 Å². The summed E-state index contributed by atoms with van der Waals surface area (Å²) >= 11 is 0. The van der Waals surface area contributed by atoms with Gasteiger partial charge in [-0.05, 0) is 12.3 Å². The zero-order valence-corrected chi connectivity index (χ0v) is 6.55. The van der Waals surface area contributed by atoms with E-state index in [-0.39, 0.29) is 0 Å². The van der Waals surface area contributed by atoms with Crippen molar-refractivity contribution in [3.8, 4) is 0 Å². The summed E-state index contributed by atoms with van der Waals surface area (Å²) in [5.74, 6) is 0.570. The quantitative estimate of drug-likeness (QED) is 0.618. The molecule has 2 N–H and O–H groups in total. The van der Waals surface area contributed by atoms with Crippen LogP contribution in [-0.4, -0.2) is 19.8 Å². The zero-order valence-electron chi connectivity index (χ0n) is 6.55. The van der Waals surface area contributed by atoms with Crippen LogP contribution in [0, 0.1) is 5.92 Å². The standard InChI is InChI=1S/C7H17NO/c1-6(2)7(8)4-5-9-3/h6-7H,4-5,8H2,1-3H3/t7-/m1/s1. The summed E-state index contributed by atoms with van der Waals surface area (Å²) in [6, 6.07) is 0.296. The molecule has 0 spiro atoms. The number of hydrogen-bond acceptors (Lipinski definition) is 2. The van der Waals surface area contributed by atoms with E-state index < -0.39 is 0 Å². The molecule has 0 saturated heterocycles. The Labute approximate surface area is 57.4 Å². The molecular formula is C7H17NO. The molecule has 0 radical (unpaired) electrons. The molecular weight excluding hydrogens is 114 g/mol. The van der Waals surface area contributed by atoms with Gasteiger partial charge in [-0.3, -0.25) is 0 Å². The highest BCUT2D eigenvalue weighted by Gasteiger charge is 2.05. The van der Waals surface area contributed by atoms with E-state index >= 15 is 0 Å². The topological polar surface area (TPSA) is 35.2 Å².